The van der Waals surface area contributed by atoms with Gasteiger partial charge < -0.3 is 29.6 Å². The van der Waals surface area contributed by atoms with E-state index in [0.29, 0.717) is 53.9 Å². The van der Waals surface area contributed by atoms with Crippen LogP contribution in [0.15, 0.2) is 67.0 Å². The predicted molar refractivity (Wildman–Crippen MR) is 149 cm³/mol. The molecule has 0 fully saturated rings. The summed E-state index contributed by atoms with van der Waals surface area (Å²) in [6.45, 7) is 1.37. The lowest BCUT2D eigenvalue weighted by atomic mass is 10.1. The molecular weight excluding hydrogens is 531 g/mol. The number of carbonyl (C=O) groups excluding carboxylic acids is 1. The molecule has 0 spiro atoms. The lowest BCUT2D eigenvalue weighted by molar-refractivity contribution is 0.0600. The molecule has 11 nitrogen and oxygen atoms in total. The van der Waals surface area contributed by atoms with Gasteiger partial charge in [0.15, 0.2) is 23.1 Å². The fraction of sp³-hybridized carbons (Fsp3) is 0.172. The van der Waals surface area contributed by atoms with E-state index in [2.05, 4.69) is 25.7 Å². The average molecular weight is 557 g/mol. The van der Waals surface area contributed by atoms with Crippen LogP contribution in [-0.4, -0.2) is 53.2 Å². The molecule has 2 N–H and O–H groups in total. The zero-order valence-corrected chi connectivity index (χ0v) is 22.2. The molecule has 41 heavy (non-hydrogen) atoms. The second kappa shape index (κ2) is 11.0. The van der Waals surface area contributed by atoms with E-state index in [4.69, 9.17) is 18.9 Å². The Morgan fingerprint density at radius 2 is 1.80 bits per heavy atom. The fourth-order valence-corrected chi connectivity index (χ4v) is 4.42. The first-order valence-electron chi connectivity index (χ1n) is 12.7. The van der Waals surface area contributed by atoms with Crippen LogP contribution in [0, 0.1) is 5.82 Å². The number of esters is 1. The molecular formula is C29H25FN6O5. The summed E-state index contributed by atoms with van der Waals surface area (Å²) >= 11 is 0. The Morgan fingerprint density at radius 3 is 2.63 bits per heavy atom. The molecule has 3 heterocycles. The van der Waals surface area contributed by atoms with E-state index in [-0.39, 0.29) is 11.8 Å². The molecule has 6 rings (SSSR count). The first-order valence-corrected chi connectivity index (χ1v) is 12.7. The molecule has 12 heteroatoms. The molecule has 0 aliphatic carbocycles. The summed E-state index contributed by atoms with van der Waals surface area (Å²) in [6, 6.07) is 16.0. The van der Waals surface area contributed by atoms with E-state index in [1.54, 1.807) is 42.1 Å². The lowest BCUT2D eigenvalue weighted by Crippen LogP contribution is -2.15. The van der Waals surface area contributed by atoms with Crippen LogP contribution in [-0.2, 0) is 11.3 Å². The van der Waals surface area contributed by atoms with Gasteiger partial charge in [-0.15, -0.1) is 0 Å². The molecule has 3 aromatic carbocycles. The van der Waals surface area contributed by atoms with Crippen LogP contribution in [0.5, 0.6) is 17.2 Å². The summed E-state index contributed by atoms with van der Waals surface area (Å²) < 4.78 is 37.7. The van der Waals surface area contributed by atoms with Crippen molar-refractivity contribution < 1.29 is 28.1 Å². The van der Waals surface area contributed by atoms with Gasteiger partial charge in [0, 0.05) is 34.6 Å². The van der Waals surface area contributed by atoms with Crippen molar-refractivity contribution >= 4 is 40.0 Å². The van der Waals surface area contributed by atoms with Gasteiger partial charge in [0.25, 0.3) is 0 Å². The van der Waals surface area contributed by atoms with E-state index >= 15 is 0 Å². The van der Waals surface area contributed by atoms with E-state index in [9.17, 15) is 9.18 Å². The van der Waals surface area contributed by atoms with Gasteiger partial charge in [-0.1, -0.05) is 6.07 Å². The van der Waals surface area contributed by atoms with Crippen molar-refractivity contribution in [1.82, 2.24) is 19.7 Å². The molecule has 0 saturated heterocycles. The normalized spacial score (nSPS) is 12.2. The number of anilines is 4. The van der Waals surface area contributed by atoms with Crippen molar-refractivity contribution in [2.45, 2.75) is 6.54 Å². The summed E-state index contributed by atoms with van der Waals surface area (Å²) in [5.41, 5.74) is 3.27. The number of benzene rings is 3. The Labute approximate surface area is 233 Å². The summed E-state index contributed by atoms with van der Waals surface area (Å²) in [7, 11) is 2.88. The Kier molecular flexibility index (Phi) is 6.94. The number of fused-ring (bicyclic) bond motifs is 2. The minimum absolute atomic E-state index is 0.0108. The molecule has 0 atom stereocenters. The maximum atomic E-state index is 14.5. The van der Waals surface area contributed by atoms with Crippen LogP contribution < -0.4 is 24.8 Å². The van der Waals surface area contributed by atoms with E-state index in [1.807, 2.05) is 30.5 Å². The Hall–Kier alpha value is -5.39. The van der Waals surface area contributed by atoms with Gasteiger partial charge in [0.2, 0.25) is 5.95 Å². The van der Waals surface area contributed by atoms with Crippen molar-refractivity contribution in [3.8, 4) is 17.2 Å². The first kappa shape index (κ1) is 25.9. The molecule has 0 unspecified atom stereocenters. The molecule has 2 aromatic heterocycles. The number of nitrogens with one attached hydrogen (secondary N) is 2. The number of hydrogen-bond acceptors (Lipinski definition) is 10. The highest BCUT2D eigenvalue weighted by molar-refractivity contribution is 5.90. The van der Waals surface area contributed by atoms with Crippen LogP contribution in [0.2, 0.25) is 0 Å². The van der Waals surface area contributed by atoms with Crippen molar-refractivity contribution in [2.75, 3.05) is 38.1 Å². The third-order valence-corrected chi connectivity index (χ3v) is 6.40. The van der Waals surface area contributed by atoms with Gasteiger partial charge >= 0.3 is 5.97 Å². The molecule has 1 aliphatic heterocycles. The zero-order valence-electron chi connectivity index (χ0n) is 22.2. The molecule has 0 bridgehead atoms. The zero-order chi connectivity index (χ0) is 28.3. The van der Waals surface area contributed by atoms with Crippen LogP contribution in [0.25, 0.3) is 10.9 Å². The second-order valence-electron chi connectivity index (χ2n) is 9.12. The largest absolute Gasteiger partial charge is 0.496 e. The molecule has 208 valence electrons. The Morgan fingerprint density at radius 1 is 1.00 bits per heavy atom. The monoisotopic (exact) mass is 556 g/mol. The number of halogens is 1. The molecule has 5 aromatic rings. The standard InChI is InChI=1S/C29H25FN6O5/c1-38-25-11-17(28(37)39-2)3-4-19(25)16-36-15-18-5-6-20(12-23(18)35-36)33-29-31-14-22(30)27(34-29)32-21-7-8-24-26(13-21)41-10-9-40-24/h3-8,11-15H,9-10,16H2,1-2H3,(H2,31,32,33,34). The highest BCUT2D eigenvalue weighted by Gasteiger charge is 2.15. The number of rotatable bonds is 8. The van der Waals surface area contributed by atoms with Crippen LogP contribution >= 0.6 is 0 Å². The van der Waals surface area contributed by atoms with Gasteiger partial charge in [0.05, 0.1) is 38.0 Å². The van der Waals surface area contributed by atoms with Crippen LogP contribution in [0.1, 0.15) is 15.9 Å². The maximum absolute atomic E-state index is 14.5. The predicted octanol–water partition coefficient (Wildman–Crippen LogP) is 5.07. The molecule has 0 amide bonds. The number of aromatic nitrogens is 4. The van der Waals surface area contributed by atoms with E-state index < -0.39 is 11.8 Å². The van der Waals surface area contributed by atoms with Crippen molar-refractivity contribution in [2.24, 2.45) is 0 Å². The number of hydrogen-bond donors (Lipinski definition) is 2. The summed E-state index contributed by atoms with van der Waals surface area (Å²) in [5.74, 6) is 0.964. The van der Waals surface area contributed by atoms with E-state index in [0.717, 1.165) is 22.7 Å². The van der Waals surface area contributed by atoms with Gasteiger partial charge in [-0.2, -0.15) is 10.1 Å². The van der Waals surface area contributed by atoms with Crippen molar-refractivity contribution in [3.05, 3.63) is 83.9 Å². The minimum Gasteiger partial charge on any atom is -0.496 e. The van der Waals surface area contributed by atoms with Gasteiger partial charge in [-0.05, 0) is 42.5 Å². The number of carbonyl (C=O) groups is 1. The number of ether oxygens (including phenoxy) is 4. The smallest absolute Gasteiger partial charge is 0.337 e. The van der Waals surface area contributed by atoms with E-state index in [1.165, 1.54) is 7.11 Å². The van der Waals surface area contributed by atoms with Gasteiger partial charge in [-0.25, -0.2) is 14.2 Å². The minimum atomic E-state index is -0.602. The quantitative estimate of drug-likeness (QED) is 0.251. The highest BCUT2D eigenvalue weighted by Crippen LogP contribution is 2.34. The van der Waals surface area contributed by atoms with Crippen LogP contribution in [0.3, 0.4) is 0 Å². The molecule has 0 radical (unpaired) electrons. The third kappa shape index (κ3) is 5.53. The second-order valence-corrected chi connectivity index (χ2v) is 9.12. The highest BCUT2D eigenvalue weighted by atomic mass is 19.1. The fourth-order valence-electron chi connectivity index (χ4n) is 4.42. The van der Waals surface area contributed by atoms with Gasteiger partial charge in [-0.3, -0.25) is 4.68 Å². The average Bonchev–Trinajstić information content (AvgIpc) is 3.40. The molecule has 1 aliphatic rings. The number of methoxy groups -OCH3 is 2. The van der Waals surface area contributed by atoms with Gasteiger partial charge in [0.1, 0.15) is 19.0 Å². The molecule has 0 saturated carbocycles. The van der Waals surface area contributed by atoms with Crippen molar-refractivity contribution in [3.63, 3.8) is 0 Å². The third-order valence-electron chi connectivity index (χ3n) is 6.40. The topological polar surface area (TPSA) is 122 Å². The van der Waals surface area contributed by atoms with Crippen molar-refractivity contribution in [1.29, 1.82) is 0 Å². The first-order chi connectivity index (χ1) is 20.0. The Bertz CT molecular complexity index is 1760. The SMILES string of the molecule is COC(=O)c1ccc(Cn2cc3ccc(Nc4ncc(F)c(Nc5ccc6c(c5)OCCO6)n4)cc3n2)c(OC)c1. The maximum Gasteiger partial charge on any atom is 0.337 e. The Balaban J connectivity index is 1.19. The summed E-state index contributed by atoms with van der Waals surface area (Å²) in [5, 5.41) is 11.7. The lowest BCUT2D eigenvalue weighted by Gasteiger charge is -2.19. The summed E-state index contributed by atoms with van der Waals surface area (Å²) in [6.07, 6.45) is 3.01. The van der Waals surface area contributed by atoms with Crippen LogP contribution in [0.4, 0.5) is 27.5 Å². The number of nitrogens with zero attached hydrogens (tertiary/aromatic N) is 4. The summed E-state index contributed by atoms with van der Waals surface area (Å²) in [4.78, 5) is 20.2.